The maximum Gasteiger partial charge on any atom is 0.0714 e. The van der Waals surface area contributed by atoms with E-state index in [0.717, 1.165) is 17.1 Å². The lowest BCUT2D eigenvalue weighted by Crippen LogP contribution is -2.28. The molecule has 0 N–H and O–H groups in total. The zero-order valence-corrected chi connectivity index (χ0v) is 26.5. The van der Waals surface area contributed by atoms with Crippen LogP contribution in [0.4, 0.5) is 17.1 Å². The standard InChI is InChI=1S/C47H33N/c1-4-18-36(19-5-1)47(37-20-6-2-7-21-37)43-27-13-12-25-42(43)46-44(47)28-15-29-45(46)48(38-22-8-3-9-23-38)39-32-30-35(31-33-39)41-26-14-17-34-16-10-11-24-40(34)41/h1-33H. The van der Waals surface area contributed by atoms with Gasteiger partial charge < -0.3 is 4.90 Å². The largest absolute Gasteiger partial charge is 0.310 e. The molecule has 0 radical (unpaired) electrons. The highest BCUT2D eigenvalue weighted by Gasteiger charge is 2.47. The molecule has 0 bridgehead atoms. The summed E-state index contributed by atoms with van der Waals surface area (Å²) in [5, 5.41) is 2.52. The van der Waals surface area contributed by atoms with Gasteiger partial charge in [-0.1, -0.05) is 170 Å². The van der Waals surface area contributed by atoms with Crippen LogP contribution in [-0.2, 0) is 5.41 Å². The molecule has 0 saturated carbocycles. The molecule has 0 unspecified atom stereocenters. The summed E-state index contributed by atoms with van der Waals surface area (Å²) < 4.78 is 0. The summed E-state index contributed by atoms with van der Waals surface area (Å²) in [6.07, 6.45) is 0. The molecule has 9 rings (SSSR count). The Hall–Kier alpha value is -6.18. The van der Waals surface area contributed by atoms with E-state index in [1.165, 1.54) is 55.3 Å². The van der Waals surface area contributed by atoms with Gasteiger partial charge in [-0.05, 0) is 80.0 Å². The molecule has 8 aromatic carbocycles. The Bertz CT molecular complexity index is 2330. The van der Waals surface area contributed by atoms with E-state index >= 15 is 0 Å². The first-order chi connectivity index (χ1) is 23.8. The van der Waals surface area contributed by atoms with Gasteiger partial charge in [-0.15, -0.1) is 0 Å². The molecular formula is C47H33N. The zero-order chi connectivity index (χ0) is 31.9. The number of rotatable bonds is 6. The van der Waals surface area contributed by atoms with Crippen LogP contribution in [0.25, 0.3) is 33.0 Å². The third kappa shape index (κ3) is 4.32. The van der Waals surface area contributed by atoms with Gasteiger partial charge >= 0.3 is 0 Å². The van der Waals surface area contributed by atoms with Crippen LogP contribution in [0, 0.1) is 0 Å². The third-order valence-electron chi connectivity index (χ3n) is 9.94. The van der Waals surface area contributed by atoms with E-state index in [1.807, 2.05) is 0 Å². The maximum atomic E-state index is 2.43. The molecule has 0 amide bonds. The highest BCUT2D eigenvalue weighted by atomic mass is 15.1. The average Bonchev–Trinajstić information content (AvgIpc) is 3.48. The summed E-state index contributed by atoms with van der Waals surface area (Å²) in [4.78, 5) is 2.43. The normalized spacial score (nSPS) is 12.8. The van der Waals surface area contributed by atoms with Gasteiger partial charge in [0.1, 0.15) is 0 Å². The molecule has 1 aliphatic rings. The number of hydrogen-bond donors (Lipinski definition) is 0. The minimum absolute atomic E-state index is 0.453. The van der Waals surface area contributed by atoms with E-state index in [0.29, 0.717) is 0 Å². The molecule has 0 atom stereocenters. The monoisotopic (exact) mass is 611 g/mol. The highest BCUT2D eigenvalue weighted by Crippen LogP contribution is 2.59. The predicted octanol–water partition coefficient (Wildman–Crippen LogP) is 12.3. The van der Waals surface area contributed by atoms with Gasteiger partial charge in [-0.3, -0.25) is 0 Å². The topological polar surface area (TPSA) is 3.24 Å². The van der Waals surface area contributed by atoms with Crippen LogP contribution in [-0.4, -0.2) is 0 Å². The van der Waals surface area contributed by atoms with Gasteiger partial charge in [0.25, 0.3) is 0 Å². The number of para-hydroxylation sites is 1. The Kier molecular flexibility index (Phi) is 6.76. The van der Waals surface area contributed by atoms with E-state index < -0.39 is 5.41 Å². The minimum atomic E-state index is -0.453. The Morgan fingerprint density at radius 3 is 1.60 bits per heavy atom. The second kappa shape index (κ2) is 11.6. The number of benzene rings is 8. The molecule has 0 spiro atoms. The van der Waals surface area contributed by atoms with Crippen molar-refractivity contribution >= 4 is 27.8 Å². The highest BCUT2D eigenvalue weighted by molar-refractivity contribution is 5.99. The predicted molar refractivity (Wildman–Crippen MR) is 201 cm³/mol. The van der Waals surface area contributed by atoms with Crippen molar-refractivity contribution in [2.45, 2.75) is 5.41 Å². The summed E-state index contributed by atoms with van der Waals surface area (Å²) in [7, 11) is 0. The zero-order valence-electron chi connectivity index (χ0n) is 26.5. The fourth-order valence-corrected chi connectivity index (χ4v) is 7.93. The van der Waals surface area contributed by atoms with Crippen molar-refractivity contribution in [1.29, 1.82) is 0 Å². The van der Waals surface area contributed by atoms with E-state index in [4.69, 9.17) is 0 Å². The Labute approximate surface area is 282 Å². The molecule has 1 heteroatoms. The molecular weight excluding hydrogens is 579 g/mol. The number of anilines is 3. The van der Waals surface area contributed by atoms with E-state index in [1.54, 1.807) is 0 Å². The van der Waals surface area contributed by atoms with Crippen molar-refractivity contribution < 1.29 is 0 Å². The molecule has 0 heterocycles. The number of fused-ring (bicyclic) bond motifs is 4. The van der Waals surface area contributed by atoms with Crippen LogP contribution in [0.2, 0.25) is 0 Å². The van der Waals surface area contributed by atoms with Crippen molar-refractivity contribution in [2.24, 2.45) is 0 Å². The first kappa shape index (κ1) is 28.1. The van der Waals surface area contributed by atoms with Gasteiger partial charge in [-0.25, -0.2) is 0 Å². The lowest BCUT2D eigenvalue weighted by Gasteiger charge is -2.34. The molecule has 0 fully saturated rings. The van der Waals surface area contributed by atoms with Crippen molar-refractivity contribution in [3.63, 3.8) is 0 Å². The van der Waals surface area contributed by atoms with E-state index in [2.05, 4.69) is 205 Å². The first-order valence-electron chi connectivity index (χ1n) is 16.6. The first-order valence-corrected chi connectivity index (χ1v) is 16.6. The molecule has 0 aliphatic heterocycles. The SMILES string of the molecule is c1ccc(N(c2ccc(-c3cccc4ccccc34)cc2)c2cccc3c2-c2ccccc2C3(c2ccccc2)c2ccccc2)cc1. The Morgan fingerprint density at radius 1 is 0.354 bits per heavy atom. The lowest BCUT2D eigenvalue weighted by atomic mass is 9.68. The lowest BCUT2D eigenvalue weighted by molar-refractivity contribution is 0.768. The van der Waals surface area contributed by atoms with Crippen molar-refractivity contribution in [3.8, 4) is 22.3 Å². The van der Waals surface area contributed by atoms with Gasteiger partial charge in [0.2, 0.25) is 0 Å². The quantitative estimate of drug-likeness (QED) is 0.181. The maximum absolute atomic E-state index is 2.43. The van der Waals surface area contributed by atoms with E-state index in [9.17, 15) is 0 Å². The second-order valence-electron chi connectivity index (χ2n) is 12.5. The average molecular weight is 612 g/mol. The van der Waals surface area contributed by atoms with Gasteiger partial charge in [-0.2, -0.15) is 0 Å². The van der Waals surface area contributed by atoms with Crippen LogP contribution in [0.1, 0.15) is 22.3 Å². The molecule has 0 aromatic heterocycles. The van der Waals surface area contributed by atoms with Gasteiger partial charge in [0.05, 0.1) is 11.1 Å². The summed E-state index contributed by atoms with van der Waals surface area (Å²) in [6.45, 7) is 0. The molecule has 48 heavy (non-hydrogen) atoms. The molecule has 0 saturated heterocycles. The fraction of sp³-hybridized carbons (Fsp3) is 0.0213. The number of hydrogen-bond acceptors (Lipinski definition) is 1. The van der Waals surface area contributed by atoms with Crippen LogP contribution in [0.3, 0.4) is 0 Å². The van der Waals surface area contributed by atoms with Crippen LogP contribution in [0.15, 0.2) is 200 Å². The van der Waals surface area contributed by atoms with Crippen molar-refractivity contribution in [2.75, 3.05) is 4.90 Å². The van der Waals surface area contributed by atoms with Crippen LogP contribution < -0.4 is 4.90 Å². The van der Waals surface area contributed by atoms with Crippen molar-refractivity contribution in [3.05, 3.63) is 222 Å². The van der Waals surface area contributed by atoms with Gasteiger partial charge in [0, 0.05) is 16.9 Å². The Balaban J connectivity index is 1.29. The minimum Gasteiger partial charge on any atom is -0.310 e. The summed E-state index contributed by atoms with van der Waals surface area (Å²) in [5.74, 6) is 0. The number of nitrogens with zero attached hydrogens (tertiary/aromatic N) is 1. The smallest absolute Gasteiger partial charge is 0.0714 e. The summed E-state index contributed by atoms with van der Waals surface area (Å²) >= 11 is 0. The van der Waals surface area contributed by atoms with E-state index in [-0.39, 0.29) is 0 Å². The van der Waals surface area contributed by atoms with Crippen LogP contribution >= 0.6 is 0 Å². The third-order valence-corrected chi connectivity index (χ3v) is 9.94. The second-order valence-corrected chi connectivity index (χ2v) is 12.5. The summed E-state index contributed by atoms with van der Waals surface area (Å²) in [5.41, 5.74) is 13.1. The molecule has 226 valence electrons. The van der Waals surface area contributed by atoms with Crippen LogP contribution in [0.5, 0.6) is 0 Å². The van der Waals surface area contributed by atoms with Crippen molar-refractivity contribution in [1.82, 2.24) is 0 Å². The molecule has 1 aliphatic carbocycles. The fourth-order valence-electron chi connectivity index (χ4n) is 7.93. The molecule has 1 nitrogen and oxygen atoms in total. The van der Waals surface area contributed by atoms with Gasteiger partial charge in [0.15, 0.2) is 0 Å². The molecule has 8 aromatic rings. The summed E-state index contributed by atoms with van der Waals surface area (Å²) in [6, 6.07) is 72.9. The Morgan fingerprint density at radius 2 is 0.875 bits per heavy atom.